The van der Waals surface area contributed by atoms with Crippen LogP contribution in [-0.4, -0.2) is 45.0 Å². The Morgan fingerprint density at radius 3 is 2.19 bits per heavy atom. The van der Waals surface area contributed by atoms with E-state index in [9.17, 15) is 9.59 Å². The van der Waals surface area contributed by atoms with Crippen molar-refractivity contribution in [1.82, 2.24) is 4.90 Å². The predicted molar refractivity (Wildman–Crippen MR) is 106 cm³/mol. The Bertz CT molecular complexity index is 803. The smallest absolute Gasteiger partial charge is 0.255 e. The number of hydrogen-bond donors (Lipinski definition) is 1. The van der Waals surface area contributed by atoms with Gasteiger partial charge in [-0.05, 0) is 17.5 Å². The van der Waals surface area contributed by atoms with Gasteiger partial charge in [0.1, 0.15) is 0 Å². The molecule has 6 heteroatoms. The number of hydrogen-bond acceptors (Lipinski definition) is 4. The maximum atomic E-state index is 12.6. The zero-order valence-corrected chi connectivity index (χ0v) is 16.4. The molecule has 2 aromatic rings. The number of amides is 2. The summed E-state index contributed by atoms with van der Waals surface area (Å²) in [6.07, 6.45) is 0.300. The molecule has 6 nitrogen and oxygen atoms in total. The summed E-state index contributed by atoms with van der Waals surface area (Å²) in [5.74, 6) is 0.519. The van der Waals surface area contributed by atoms with E-state index in [0.29, 0.717) is 29.2 Å². The number of ether oxygens (including phenoxy) is 2. The van der Waals surface area contributed by atoms with Crippen molar-refractivity contribution < 1.29 is 19.1 Å². The predicted octanol–water partition coefficient (Wildman–Crippen LogP) is 3.54. The molecule has 0 fully saturated rings. The lowest BCUT2D eigenvalue weighted by Gasteiger charge is -2.18. The molecule has 0 aromatic heterocycles. The Kier molecular flexibility index (Phi) is 6.82. The molecule has 27 heavy (non-hydrogen) atoms. The highest BCUT2D eigenvalue weighted by Crippen LogP contribution is 2.34. The summed E-state index contributed by atoms with van der Waals surface area (Å²) < 4.78 is 10.6. The fraction of sp³-hybridized carbons (Fsp3) is 0.333. The largest absolute Gasteiger partial charge is 0.493 e. The molecular weight excluding hydrogens is 344 g/mol. The topological polar surface area (TPSA) is 67.9 Å². The lowest BCUT2D eigenvalue weighted by molar-refractivity contribution is -0.116. The van der Waals surface area contributed by atoms with Crippen LogP contribution in [0, 0.1) is 0 Å². The van der Waals surface area contributed by atoms with Crippen LogP contribution in [0.15, 0.2) is 42.5 Å². The molecular formula is C21H26N2O4. The fourth-order valence-corrected chi connectivity index (χ4v) is 2.78. The summed E-state index contributed by atoms with van der Waals surface area (Å²) in [7, 11) is 6.32. The van der Waals surface area contributed by atoms with Gasteiger partial charge in [-0.1, -0.05) is 37.3 Å². The second kappa shape index (κ2) is 9.07. The van der Waals surface area contributed by atoms with Crippen LogP contribution in [0.3, 0.4) is 0 Å². The zero-order chi connectivity index (χ0) is 20.0. The number of benzene rings is 2. The van der Waals surface area contributed by atoms with Crippen molar-refractivity contribution in [2.45, 2.75) is 19.3 Å². The van der Waals surface area contributed by atoms with E-state index in [1.165, 1.54) is 19.1 Å². The van der Waals surface area contributed by atoms with E-state index in [0.717, 1.165) is 5.56 Å². The van der Waals surface area contributed by atoms with E-state index in [1.807, 2.05) is 37.3 Å². The summed E-state index contributed by atoms with van der Waals surface area (Å²) in [4.78, 5) is 26.6. The van der Waals surface area contributed by atoms with Gasteiger partial charge in [-0.2, -0.15) is 0 Å². The second-order valence-corrected chi connectivity index (χ2v) is 6.52. The second-order valence-electron chi connectivity index (χ2n) is 6.52. The Balaban J connectivity index is 2.27. The van der Waals surface area contributed by atoms with Gasteiger partial charge < -0.3 is 19.7 Å². The minimum absolute atomic E-state index is 0.0549. The monoisotopic (exact) mass is 370 g/mol. The van der Waals surface area contributed by atoms with Crippen LogP contribution in [-0.2, 0) is 4.79 Å². The molecule has 0 saturated carbocycles. The molecule has 2 rings (SSSR count). The van der Waals surface area contributed by atoms with E-state index >= 15 is 0 Å². The first-order valence-electron chi connectivity index (χ1n) is 8.69. The van der Waals surface area contributed by atoms with Crippen LogP contribution in [0.2, 0.25) is 0 Å². The van der Waals surface area contributed by atoms with Gasteiger partial charge in [-0.25, -0.2) is 0 Å². The third kappa shape index (κ3) is 5.00. The first-order chi connectivity index (χ1) is 12.9. The quantitative estimate of drug-likeness (QED) is 0.809. The molecule has 0 heterocycles. The molecule has 0 unspecified atom stereocenters. The highest BCUT2D eigenvalue weighted by atomic mass is 16.5. The molecule has 0 saturated heterocycles. The van der Waals surface area contributed by atoms with Crippen molar-refractivity contribution in [3.63, 3.8) is 0 Å². The number of nitrogens with one attached hydrogen (secondary N) is 1. The SMILES string of the molecule is COc1cc(NC(=O)C[C@H](C)c2ccccc2)c(C(=O)N(C)C)cc1OC. The summed E-state index contributed by atoms with van der Waals surface area (Å²) >= 11 is 0. The highest BCUT2D eigenvalue weighted by molar-refractivity contribution is 6.04. The Morgan fingerprint density at radius 1 is 1.04 bits per heavy atom. The van der Waals surface area contributed by atoms with Gasteiger partial charge in [-0.15, -0.1) is 0 Å². The molecule has 0 spiro atoms. The Labute approximate surface area is 160 Å². The van der Waals surface area contributed by atoms with Gasteiger partial charge in [0.2, 0.25) is 5.91 Å². The molecule has 0 bridgehead atoms. The number of carbonyl (C=O) groups excluding carboxylic acids is 2. The van der Waals surface area contributed by atoms with E-state index < -0.39 is 0 Å². The highest BCUT2D eigenvalue weighted by Gasteiger charge is 2.20. The van der Waals surface area contributed by atoms with E-state index in [2.05, 4.69) is 5.32 Å². The Morgan fingerprint density at radius 2 is 1.63 bits per heavy atom. The van der Waals surface area contributed by atoms with Crippen LogP contribution < -0.4 is 14.8 Å². The molecule has 0 radical (unpaired) electrons. The van der Waals surface area contributed by atoms with Crippen LogP contribution >= 0.6 is 0 Å². The molecule has 1 N–H and O–H groups in total. The number of rotatable bonds is 7. The van der Waals surface area contributed by atoms with E-state index in [4.69, 9.17) is 9.47 Å². The molecule has 0 aliphatic carbocycles. The van der Waals surface area contributed by atoms with E-state index in [-0.39, 0.29) is 17.7 Å². The number of carbonyl (C=O) groups is 2. The van der Waals surface area contributed by atoms with Gasteiger partial charge in [0.05, 0.1) is 25.5 Å². The maximum Gasteiger partial charge on any atom is 0.255 e. The van der Waals surface area contributed by atoms with Crippen molar-refractivity contribution in [3.8, 4) is 11.5 Å². The first-order valence-corrected chi connectivity index (χ1v) is 8.69. The van der Waals surface area contributed by atoms with Crippen molar-refractivity contribution in [1.29, 1.82) is 0 Å². The summed E-state index contributed by atoms with van der Waals surface area (Å²) in [5, 5.41) is 2.85. The lowest BCUT2D eigenvalue weighted by Crippen LogP contribution is -2.24. The lowest BCUT2D eigenvalue weighted by atomic mass is 9.97. The Hall–Kier alpha value is -3.02. The minimum Gasteiger partial charge on any atom is -0.493 e. The summed E-state index contributed by atoms with van der Waals surface area (Å²) in [6.45, 7) is 2.00. The molecule has 2 amide bonds. The average molecular weight is 370 g/mol. The molecule has 0 aliphatic heterocycles. The fourth-order valence-electron chi connectivity index (χ4n) is 2.78. The average Bonchev–Trinajstić information content (AvgIpc) is 2.67. The first kappa shape index (κ1) is 20.3. The molecule has 0 aliphatic rings. The zero-order valence-electron chi connectivity index (χ0n) is 16.4. The molecule has 1 atom stereocenters. The van der Waals surface area contributed by atoms with Gasteiger partial charge in [0.25, 0.3) is 5.91 Å². The minimum atomic E-state index is -0.234. The van der Waals surface area contributed by atoms with Crippen LogP contribution in [0.4, 0.5) is 5.69 Å². The van der Waals surface area contributed by atoms with Crippen molar-refractivity contribution in [3.05, 3.63) is 53.6 Å². The van der Waals surface area contributed by atoms with Gasteiger partial charge in [0.15, 0.2) is 11.5 Å². The van der Waals surface area contributed by atoms with Crippen molar-refractivity contribution in [2.75, 3.05) is 33.6 Å². The third-order valence-electron chi connectivity index (χ3n) is 4.29. The number of nitrogens with zero attached hydrogens (tertiary/aromatic N) is 1. The number of methoxy groups -OCH3 is 2. The maximum absolute atomic E-state index is 12.6. The van der Waals surface area contributed by atoms with Crippen molar-refractivity contribution >= 4 is 17.5 Å². The normalized spacial score (nSPS) is 11.4. The van der Waals surface area contributed by atoms with Crippen LogP contribution in [0.5, 0.6) is 11.5 Å². The third-order valence-corrected chi connectivity index (χ3v) is 4.29. The number of anilines is 1. The molecule has 144 valence electrons. The summed E-state index contributed by atoms with van der Waals surface area (Å²) in [6, 6.07) is 13.0. The van der Waals surface area contributed by atoms with E-state index in [1.54, 1.807) is 26.2 Å². The van der Waals surface area contributed by atoms with Gasteiger partial charge in [0, 0.05) is 26.6 Å². The standard InChI is InChI=1S/C21H26N2O4/c1-14(15-9-7-6-8-10-15)11-20(24)22-17-13-19(27-5)18(26-4)12-16(17)21(25)23(2)3/h6-10,12-14H,11H2,1-5H3,(H,22,24)/t14-/m0/s1. The van der Waals surface area contributed by atoms with Crippen molar-refractivity contribution in [2.24, 2.45) is 0 Å². The van der Waals surface area contributed by atoms with Crippen LogP contribution in [0.1, 0.15) is 35.2 Å². The van der Waals surface area contributed by atoms with Gasteiger partial charge >= 0.3 is 0 Å². The van der Waals surface area contributed by atoms with Gasteiger partial charge in [-0.3, -0.25) is 9.59 Å². The summed E-state index contributed by atoms with van der Waals surface area (Å²) in [5.41, 5.74) is 1.83. The molecule has 2 aromatic carbocycles. The van der Waals surface area contributed by atoms with Crippen LogP contribution in [0.25, 0.3) is 0 Å².